The van der Waals surface area contributed by atoms with Gasteiger partial charge in [0.05, 0.1) is 19.3 Å². The predicted molar refractivity (Wildman–Crippen MR) is 130 cm³/mol. The van der Waals surface area contributed by atoms with Crippen LogP contribution in [0.3, 0.4) is 0 Å². The molecule has 0 saturated carbocycles. The van der Waals surface area contributed by atoms with Crippen molar-refractivity contribution < 1.29 is 29.0 Å². The Kier molecular flexibility index (Phi) is 6.60. The number of fused-ring (bicyclic) bond motifs is 3. The highest BCUT2D eigenvalue weighted by Gasteiger charge is 2.48. The fourth-order valence-electron chi connectivity index (χ4n) is 4.77. The van der Waals surface area contributed by atoms with E-state index in [1.165, 1.54) is 0 Å². The van der Waals surface area contributed by atoms with Gasteiger partial charge in [-0.25, -0.2) is 4.79 Å². The largest absolute Gasteiger partial charge is 0.481 e. The molecule has 3 N–H and O–H groups in total. The Bertz CT molecular complexity index is 1090. The summed E-state index contributed by atoms with van der Waals surface area (Å²) in [4.78, 5) is 37.7. The van der Waals surface area contributed by atoms with Crippen LogP contribution in [0.5, 0.6) is 0 Å². The van der Waals surface area contributed by atoms with E-state index in [4.69, 9.17) is 9.47 Å². The Morgan fingerprint density at radius 3 is 2.20 bits per heavy atom. The van der Waals surface area contributed by atoms with Crippen LogP contribution in [0, 0.1) is 10.8 Å². The molecule has 186 valence electrons. The third-order valence-corrected chi connectivity index (χ3v) is 6.99. The third-order valence-electron chi connectivity index (χ3n) is 6.99. The summed E-state index contributed by atoms with van der Waals surface area (Å²) in [5, 5.41) is 15.1. The van der Waals surface area contributed by atoms with E-state index in [1.54, 1.807) is 6.92 Å². The van der Waals surface area contributed by atoms with Gasteiger partial charge in [0.25, 0.3) is 0 Å². The molecule has 3 atom stereocenters. The van der Waals surface area contributed by atoms with Crippen molar-refractivity contribution in [2.75, 3.05) is 19.8 Å². The van der Waals surface area contributed by atoms with Gasteiger partial charge in [-0.1, -0.05) is 69.3 Å². The van der Waals surface area contributed by atoms with E-state index in [9.17, 15) is 19.5 Å². The maximum Gasteiger partial charge on any atom is 0.407 e. The average Bonchev–Trinajstić information content (AvgIpc) is 3.34. The van der Waals surface area contributed by atoms with Crippen LogP contribution >= 0.6 is 0 Å². The molecule has 1 aliphatic carbocycles. The van der Waals surface area contributed by atoms with Crippen LogP contribution in [0.15, 0.2) is 48.5 Å². The van der Waals surface area contributed by atoms with Gasteiger partial charge >= 0.3 is 12.1 Å². The molecular weight excluding hydrogens is 448 g/mol. The van der Waals surface area contributed by atoms with Crippen molar-refractivity contribution in [3.8, 4) is 11.1 Å². The molecule has 1 aliphatic heterocycles. The summed E-state index contributed by atoms with van der Waals surface area (Å²) < 4.78 is 10.9. The first kappa shape index (κ1) is 24.7. The van der Waals surface area contributed by atoms with Crippen LogP contribution in [-0.2, 0) is 19.1 Å². The molecule has 2 aliphatic rings. The van der Waals surface area contributed by atoms with Crippen LogP contribution in [0.25, 0.3) is 11.1 Å². The number of benzene rings is 2. The molecule has 35 heavy (non-hydrogen) atoms. The van der Waals surface area contributed by atoms with Crippen molar-refractivity contribution in [3.05, 3.63) is 59.7 Å². The third kappa shape index (κ3) is 4.75. The Morgan fingerprint density at radius 2 is 1.66 bits per heavy atom. The first-order valence-corrected chi connectivity index (χ1v) is 11.8. The van der Waals surface area contributed by atoms with Crippen LogP contribution in [-0.4, -0.2) is 55.0 Å². The first-order valence-electron chi connectivity index (χ1n) is 11.8. The highest BCUT2D eigenvalue weighted by atomic mass is 16.5. The van der Waals surface area contributed by atoms with Crippen molar-refractivity contribution in [2.24, 2.45) is 10.8 Å². The fraction of sp³-hybridized carbons (Fsp3) is 0.444. The number of nitrogens with one attached hydrogen (secondary N) is 2. The minimum Gasteiger partial charge on any atom is -0.481 e. The number of carbonyl (C=O) groups excluding carboxylic acids is 2. The minimum absolute atomic E-state index is 0.00721. The minimum atomic E-state index is -1.23. The van der Waals surface area contributed by atoms with Gasteiger partial charge in [0.2, 0.25) is 5.91 Å². The number of hydrogen-bond donors (Lipinski definition) is 3. The van der Waals surface area contributed by atoms with Gasteiger partial charge in [0.1, 0.15) is 18.1 Å². The van der Waals surface area contributed by atoms with E-state index in [1.807, 2.05) is 57.2 Å². The number of aliphatic carboxylic acids is 1. The molecule has 4 rings (SSSR count). The predicted octanol–water partition coefficient (Wildman–Crippen LogP) is 3.55. The molecular formula is C27H32N2O6. The molecule has 2 aromatic rings. The van der Waals surface area contributed by atoms with Crippen molar-refractivity contribution in [2.45, 2.75) is 45.7 Å². The second kappa shape index (κ2) is 9.34. The van der Waals surface area contributed by atoms with E-state index in [0.29, 0.717) is 0 Å². The van der Waals surface area contributed by atoms with Crippen LogP contribution in [0.2, 0.25) is 0 Å². The highest BCUT2D eigenvalue weighted by Crippen LogP contribution is 2.44. The van der Waals surface area contributed by atoms with Gasteiger partial charge in [-0.05, 0) is 34.6 Å². The fourth-order valence-corrected chi connectivity index (χ4v) is 4.77. The molecule has 3 unspecified atom stereocenters. The normalized spacial score (nSPS) is 22.1. The van der Waals surface area contributed by atoms with Crippen LogP contribution < -0.4 is 10.6 Å². The van der Waals surface area contributed by atoms with Gasteiger partial charge < -0.3 is 25.2 Å². The average molecular weight is 481 g/mol. The van der Waals surface area contributed by atoms with Gasteiger partial charge in [0, 0.05) is 5.92 Å². The number of carboxylic acid groups (broad SMARTS) is 1. The smallest absolute Gasteiger partial charge is 0.407 e. The lowest BCUT2D eigenvalue weighted by molar-refractivity contribution is -0.149. The molecule has 8 nitrogen and oxygen atoms in total. The molecule has 0 radical (unpaired) electrons. The van der Waals surface area contributed by atoms with Crippen molar-refractivity contribution >= 4 is 18.0 Å². The number of carbonyl (C=O) groups is 3. The quantitative estimate of drug-likeness (QED) is 0.583. The number of ether oxygens (including phenoxy) is 2. The number of hydrogen-bond acceptors (Lipinski definition) is 5. The summed E-state index contributed by atoms with van der Waals surface area (Å²) in [5.74, 6) is -1.62. The monoisotopic (exact) mass is 480 g/mol. The molecule has 1 fully saturated rings. The SMILES string of the molecule is CC(C)(C)C(NC(=O)OCC1c2ccccc2-c2ccccc21)C(=O)NC1COCC1(C)C(=O)O. The van der Waals surface area contributed by atoms with Crippen molar-refractivity contribution in [3.63, 3.8) is 0 Å². The van der Waals surface area contributed by atoms with Crippen LogP contribution in [0.4, 0.5) is 4.79 Å². The number of amides is 2. The molecule has 2 aromatic carbocycles. The van der Waals surface area contributed by atoms with E-state index in [0.717, 1.165) is 22.3 Å². The zero-order valence-electron chi connectivity index (χ0n) is 20.5. The Labute approximate surface area is 205 Å². The standard InChI is InChI=1S/C27H32N2O6/c1-26(2,3)22(23(30)28-21-14-34-15-27(21,4)24(31)32)29-25(33)35-13-20-18-11-7-5-9-16(18)17-10-6-8-12-19(17)20/h5-12,20-22H,13-15H2,1-4H3,(H,28,30)(H,29,33)(H,31,32). The zero-order valence-corrected chi connectivity index (χ0v) is 20.5. The summed E-state index contributed by atoms with van der Waals surface area (Å²) in [6, 6.07) is 14.5. The summed E-state index contributed by atoms with van der Waals surface area (Å²) in [7, 11) is 0. The summed E-state index contributed by atoms with van der Waals surface area (Å²) >= 11 is 0. The maximum absolute atomic E-state index is 13.1. The molecule has 2 amide bonds. The Balaban J connectivity index is 1.44. The second-order valence-electron chi connectivity index (χ2n) is 10.6. The molecule has 0 spiro atoms. The highest BCUT2D eigenvalue weighted by molar-refractivity contribution is 5.88. The Hall–Kier alpha value is -3.39. The van der Waals surface area contributed by atoms with E-state index in [2.05, 4.69) is 22.8 Å². The molecule has 0 bridgehead atoms. The summed E-state index contributed by atoms with van der Waals surface area (Å²) in [6.45, 7) is 7.24. The van der Waals surface area contributed by atoms with Gasteiger partial charge in [-0.15, -0.1) is 0 Å². The van der Waals surface area contributed by atoms with Gasteiger partial charge in [0.15, 0.2) is 0 Å². The second-order valence-corrected chi connectivity index (χ2v) is 10.6. The summed E-state index contributed by atoms with van der Waals surface area (Å²) in [5.41, 5.74) is 2.58. The van der Waals surface area contributed by atoms with E-state index in [-0.39, 0.29) is 25.7 Å². The maximum atomic E-state index is 13.1. The number of carboxylic acids is 1. The van der Waals surface area contributed by atoms with Gasteiger partial charge in [-0.2, -0.15) is 0 Å². The molecule has 1 heterocycles. The van der Waals surface area contributed by atoms with Crippen molar-refractivity contribution in [1.29, 1.82) is 0 Å². The number of alkyl carbamates (subject to hydrolysis) is 1. The molecule has 8 heteroatoms. The zero-order chi connectivity index (χ0) is 25.4. The molecule has 0 aromatic heterocycles. The van der Waals surface area contributed by atoms with E-state index >= 15 is 0 Å². The van der Waals surface area contributed by atoms with E-state index < -0.39 is 40.9 Å². The number of rotatable bonds is 6. The van der Waals surface area contributed by atoms with Crippen LogP contribution in [0.1, 0.15) is 44.7 Å². The molecule has 1 saturated heterocycles. The van der Waals surface area contributed by atoms with Crippen molar-refractivity contribution in [1.82, 2.24) is 10.6 Å². The lowest BCUT2D eigenvalue weighted by atomic mass is 9.83. The first-order chi connectivity index (χ1) is 16.5. The Morgan fingerprint density at radius 1 is 1.09 bits per heavy atom. The lowest BCUT2D eigenvalue weighted by Crippen LogP contribution is -2.58. The van der Waals surface area contributed by atoms with Gasteiger partial charge in [-0.3, -0.25) is 9.59 Å². The summed E-state index contributed by atoms with van der Waals surface area (Å²) in [6.07, 6.45) is -0.703. The lowest BCUT2D eigenvalue weighted by Gasteiger charge is -2.33. The topological polar surface area (TPSA) is 114 Å².